The van der Waals surface area contributed by atoms with Crippen LogP contribution < -0.4 is 16.0 Å². The molecule has 6 rings (SSSR count). The monoisotopic (exact) mass is 817 g/mol. The molecule has 2 aromatic rings. The molecule has 318 valence electrons. The molecular formula is C43H56FN7O8. The Labute approximate surface area is 344 Å². The lowest BCUT2D eigenvalue weighted by molar-refractivity contribution is -0.147. The van der Waals surface area contributed by atoms with Crippen LogP contribution in [-0.2, 0) is 41.8 Å². The molecular weight excluding hydrogens is 762 g/mol. The van der Waals surface area contributed by atoms with Gasteiger partial charge < -0.3 is 25.6 Å². The van der Waals surface area contributed by atoms with Gasteiger partial charge in [-0.05, 0) is 55.1 Å². The Bertz CT molecular complexity index is 1910. The molecule has 0 spiro atoms. The van der Waals surface area contributed by atoms with E-state index in [0.29, 0.717) is 17.5 Å². The topological polar surface area (TPSA) is 197 Å². The molecule has 3 N–H and O–H groups in total. The van der Waals surface area contributed by atoms with Gasteiger partial charge in [0.15, 0.2) is 5.78 Å². The van der Waals surface area contributed by atoms with Gasteiger partial charge in [-0.3, -0.25) is 38.7 Å². The summed E-state index contributed by atoms with van der Waals surface area (Å²) in [4.78, 5) is 107. The Kier molecular flexibility index (Phi) is 13.8. The quantitative estimate of drug-likeness (QED) is 0.220. The number of halogens is 1. The number of likely N-dealkylation sites (tertiary alicyclic amines) is 1. The number of fused-ring (bicyclic) bond motifs is 1. The van der Waals surface area contributed by atoms with Crippen LogP contribution in [0.4, 0.5) is 9.18 Å². The van der Waals surface area contributed by atoms with Crippen molar-refractivity contribution in [3.8, 4) is 0 Å². The maximum absolute atomic E-state index is 14.9. The molecule has 4 aliphatic rings. The van der Waals surface area contributed by atoms with Gasteiger partial charge >= 0.3 is 6.09 Å². The van der Waals surface area contributed by atoms with Gasteiger partial charge in [-0.15, -0.1) is 0 Å². The fourth-order valence-electron chi connectivity index (χ4n) is 8.42. The summed E-state index contributed by atoms with van der Waals surface area (Å²) >= 11 is 0. The van der Waals surface area contributed by atoms with Crippen molar-refractivity contribution in [2.24, 2.45) is 17.3 Å². The Morgan fingerprint density at radius 3 is 2.36 bits per heavy atom. The van der Waals surface area contributed by atoms with Gasteiger partial charge in [-0.2, -0.15) is 0 Å². The van der Waals surface area contributed by atoms with E-state index in [2.05, 4.69) is 25.9 Å². The summed E-state index contributed by atoms with van der Waals surface area (Å²) in [7, 11) is 0. The minimum Gasteiger partial charge on any atom is -0.444 e. The van der Waals surface area contributed by atoms with Gasteiger partial charge in [0, 0.05) is 49.3 Å². The average Bonchev–Trinajstić information content (AvgIpc) is 3.74. The van der Waals surface area contributed by atoms with Gasteiger partial charge in [0.25, 0.3) is 11.8 Å². The lowest BCUT2D eigenvalue weighted by Gasteiger charge is -2.36. The molecule has 2 aliphatic carbocycles. The fraction of sp³-hybridized carbons (Fsp3) is 0.605. The lowest BCUT2D eigenvalue weighted by Crippen LogP contribution is -2.55. The third-order valence-electron chi connectivity index (χ3n) is 11.9. The number of hydrogen-bond acceptors (Lipinski definition) is 10. The highest BCUT2D eigenvalue weighted by molar-refractivity contribution is 6.38. The smallest absolute Gasteiger partial charge is 0.410 e. The van der Waals surface area contributed by atoms with E-state index in [1.807, 2.05) is 27.7 Å². The van der Waals surface area contributed by atoms with Crippen LogP contribution in [-0.4, -0.2) is 97.9 Å². The van der Waals surface area contributed by atoms with Crippen LogP contribution in [0.2, 0.25) is 0 Å². The molecule has 2 saturated carbocycles. The SMILES string of the molecule is CCC[C@H](NC(=O)C1C[C@@H](OC(=O)N2Cc3cccc(F)c3C2)CN1C(=O)[C@@H](CC(=O)[C@@H](NC(=O)c1cnccn1)C1CCCCC1)C(C)(C)C)C(=O)C(=O)NC1CC1. The fourth-order valence-corrected chi connectivity index (χ4v) is 8.42. The van der Waals surface area contributed by atoms with Crippen molar-refractivity contribution in [3.63, 3.8) is 0 Å². The van der Waals surface area contributed by atoms with E-state index in [1.165, 1.54) is 34.5 Å². The molecule has 15 nitrogen and oxygen atoms in total. The minimum atomic E-state index is -1.22. The number of carbonyl (C=O) groups excluding carboxylic acids is 7. The molecule has 16 heteroatoms. The van der Waals surface area contributed by atoms with Crippen molar-refractivity contribution in [1.29, 1.82) is 0 Å². The highest BCUT2D eigenvalue weighted by atomic mass is 19.1. The summed E-state index contributed by atoms with van der Waals surface area (Å²) < 4.78 is 20.4. The summed E-state index contributed by atoms with van der Waals surface area (Å²) in [6, 6.07) is 1.27. The normalized spacial score (nSPS) is 20.8. The van der Waals surface area contributed by atoms with Gasteiger partial charge in [-0.1, -0.05) is 65.5 Å². The summed E-state index contributed by atoms with van der Waals surface area (Å²) in [6.45, 7) is 7.19. The first-order valence-corrected chi connectivity index (χ1v) is 20.9. The average molecular weight is 818 g/mol. The van der Waals surface area contributed by atoms with E-state index < -0.39 is 76.9 Å². The Hall–Kier alpha value is -5.28. The third kappa shape index (κ3) is 10.7. The highest BCUT2D eigenvalue weighted by Gasteiger charge is 2.48. The van der Waals surface area contributed by atoms with Gasteiger partial charge in [0.2, 0.25) is 17.6 Å². The van der Waals surface area contributed by atoms with Crippen LogP contribution in [0.25, 0.3) is 0 Å². The van der Waals surface area contributed by atoms with Crippen molar-refractivity contribution >= 4 is 41.3 Å². The first-order chi connectivity index (χ1) is 28.1. The summed E-state index contributed by atoms with van der Waals surface area (Å²) in [5, 5.41) is 8.30. The zero-order chi connectivity index (χ0) is 42.4. The van der Waals surface area contributed by atoms with E-state index in [4.69, 9.17) is 4.74 Å². The molecule has 5 atom stereocenters. The van der Waals surface area contributed by atoms with Crippen LogP contribution in [0, 0.1) is 23.1 Å². The number of ether oxygens (including phenoxy) is 1. The standard InChI is InChI=1S/C43H56FN7O8/c1-5-10-32(37(53)40(56)47-27-15-16-27)48-39(55)34-19-28(59-42(58)50-22-26-13-9-14-31(44)29(26)24-50)23-51(34)41(57)30(43(2,3)4)20-35(52)36(25-11-7-6-8-12-25)49-38(54)33-21-45-17-18-46-33/h9,13-14,17-18,21,25,27-28,30,32,34,36H,5-8,10-12,15-16,19-20,22-24H2,1-4H3,(H,47,56)(H,48,55)(H,49,54)/t28-,30-,32+,34?,36+/m1/s1. The van der Waals surface area contributed by atoms with Gasteiger partial charge in [0.05, 0.1) is 31.4 Å². The van der Waals surface area contributed by atoms with Gasteiger partial charge in [0.1, 0.15) is 23.7 Å². The van der Waals surface area contributed by atoms with Crippen molar-refractivity contribution < 1.29 is 42.7 Å². The first-order valence-electron chi connectivity index (χ1n) is 20.9. The Morgan fingerprint density at radius 2 is 1.71 bits per heavy atom. The number of aromatic nitrogens is 2. The maximum atomic E-state index is 14.9. The molecule has 2 aliphatic heterocycles. The van der Waals surface area contributed by atoms with Crippen LogP contribution in [0.1, 0.15) is 120 Å². The number of hydrogen-bond donors (Lipinski definition) is 3. The number of ketones is 2. The lowest BCUT2D eigenvalue weighted by atomic mass is 9.74. The molecule has 0 radical (unpaired) electrons. The summed E-state index contributed by atoms with van der Waals surface area (Å²) in [5.74, 6) is -5.26. The van der Waals surface area contributed by atoms with Crippen molar-refractivity contribution in [2.75, 3.05) is 6.54 Å². The molecule has 5 amide bonds. The van der Waals surface area contributed by atoms with Crippen LogP contribution >= 0.6 is 0 Å². The predicted molar refractivity (Wildman–Crippen MR) is 211 cm³/mol. The van der Waals surface area contributed by atoms with Crippen LogP contribution in [0.3, 0.4) is 0 Å². The number of amides is 5. The van der Waals surface area contributed by atoms with Crippen molar-refractivity contribution in [2.45, 2.75) is 142 Å². The second-order valence-corrected chi connectivity index (χ2v) is 17.5. The highest BCUT2D eigenvalue weighted by Crippen LogP contribution is 2.36. The summed E-state index contributed by atoms with van der Waals surface area (Å²) in [5.41, 5.74) is 0.279. The molecule has 1 unspecified atom stereocenters. The summed E-state index contributed by atoms with van der Waals surface area (Å²) in [6.07, 6.45) is 8.50. The molecule has 59 heavy (non-hydrogen) atoms. The molecule has 1 aromatic carbocycles. The van der Waals surface area contributed by atoms with E-state index in [1.54, 1.807) is 12.1 Å². The van der Waals surface area contributed by atoms with E-state index >= 15 is 0 Å². The van der Waals surface area contributed by atoms with E-state index in [0.717, 1.165) is 44.9 Å². The zero-order valence-corrected chi connectivity index (χ0v) is 34.3. The zero-order valence-electron chi connectivity index (χ0n) is 34.3. The second kappa shape index (κ2) is 18.8. The molecule has 1 saturated heterocycles. The number of nitrogens with one attached hydrogen (secondary N) is 3. The number of rotatable bonds is 15. The number of nitrogens with zero attached hydrogens (tertiary/aromatic N) is 4. The largest absolute Gasteiger partial charge is 0.444 e. The number of carbonyl (C=O) groups is 7. The van der Waals surface area contributed by atoms with Gasteiger partial charge in [-0.25, -0.2) is 14.2 Å². The van der Waals surface area contributed by atoms with Crippen LogP contribution in [0.5, 0.6) is 0 Å². The molecule has 0 bridgehead atoms. The van der Waals surface area contributed by atoms with Crippen molar-refractivity contribution in [1.82, 2.24) is 35.7 Å². The predicted octanol–water partition coefficient (Wildman–Crippen LogP) is 4.17. The van der Waals surface area contributed by atoms with E-state index in [-0.39, 0.29) is 62.3 Å². The maximum Gasteiger partial charge on any atom is 0.410 e. The van der Waals surface area contributed by atoms with Crippen LogP contribution in [0.15, 0.2) is 36.8 Å². The van der Waals surface area contributed by atoms with E-state index in [9.17, 15) is 38.0 Å². The first kappa shape index (κ1) is 43.3. The molecule has 3 heterocycles. The Morgan fingerprint density at radius 1 is 0.966 bits per heavy atom. The second-order valence-electron chi connectivity index (χ2n) is 17.5. The number of Topliss-reactive ketones (excluding diaryl/α,β-unsaturated/α-hetero) is 2. The molecule has 3 fully saturated rings. The number of benzene rings is 1. The third-order valence-corrected chi connectivity index (χ3v) is 11.9. The minimum absolute atomic E-state index is 0.00634. The molecule has 1 aromatic heterocycles. The Balaban J connectivity index is 1.24. The van der Waals surface area contributed by atoms with Crippen molar-refractivity contribution in [3.05, 3.63) is 59.4 Å².